The van der Waals surface area contributed by atoms with Crippen LogP contribution < -0.4 is 19.6 Å². The molecule has 0 spiro atoms. The van der Waals surface area contributed by atoms with Crippen molar-refractivity contribution < 1.29 is 19.0 Å². The summed E-state index contributed by atoms with van der Waals surface area (Å²) in [6.07, 6.45) is 8.35. The van der Waals surface area contributed by atoms with Crippen LogP contribution in [0.5, 0.6) is 17.2 Å². The zero-order valence-corrected chi connectivity index (χ0v) is 18.1. The van der Waals surface area contributed by atoms with Crippen molar-refractivity contribution in [3.8, 4) is 17.2 Å². The van der Waals surface area contributed by atoms with Crippen molar-refractivity contribution in [2.75, 3.05) is 21.3 Å². The highest BCUT2D eigenvalue weighted by molar-refractivity contribution is 5.88. The average Bonchev–Trinajstić information content (AvgIpc) is 2.64. The molecule has 6 heteroatoms. The van der Waals surface area contributed by atoms with Gasteiger partial charge in [-0.2, -0.15) is 5.10 Å². The molecule has 0 heterocycles. The number of nitrogens with zero attached hydrogens (tertiary/aromatic N) is 1. The van der Waals surface area contributed by atoms with Crippen LogP contribution in [0.1, 0.15) is 57.9 Å². The minimum Gasteiger partial charge on any atom is -0.496 e. The lowest BCUT2D eigenvalue weighted by atomic mass is 9.40. The van der Waals surface area contributed by atoms with Gasteiger partial charge in [0.25, 0.3) is 0 Å². The van der Waals surface area contributed by atoms with Gasteiger partial charge in [-0.1, -0.05) is 13.8 Å². The Morgan fingerprint density at radius 2 is 1.55 bits per heavy atom. The van der Waals surface area contributed by atoms with E-state index in [1.165, 1.54) is 19.3 Å². The van der Waals surface area contributed by atoms with E-state index in [1.807, 2.05) is 0 Å². The van der Waals surface area contributed by atoms with Gasteiger partial charge in [-0.05, 0) is 61.3 Å². The van der Waals surface area contributed by atoms with E-state index in [0.29, 0.717) is 34.0 Å². The first-order valence-electron chi connectivity index (χ1n) is 10.4. The molecule has 158 valence electrons. The van der Waals surface area contributed by atoms with Gasteiger partial charge in [-0.3, -0.25) is 4.79 Å². The Hall–Kier alpha value is -2.24. The van der Waals surface area contributed by atoms with Gasteiger partial charge >= 0.3 is 0 Å². The number of nitrogens with one attached hydrogen (secondary N) is 1. The van der Waals surface area contributed by atoms with Crippen LogP contribution in [0, 0.1) is 22.2 Å². The van der Waals surface area contributed by atoms with Crippen molar-refractivity contribution in [3.05, 3.63) is 17.7 Å². The Morgan fingerprint density at radius 1 is 0.966 bits per heavy atom. The SMILES string of the molecule is COc1cc(OC)c(OC)cc1/C=N/NC(=O)C12CC3CC(C)(CC(C)(C3)C1)C2. The number of carbonyl (C=O) groups excluding carboxylic acids is 1. The molecule has 5 rings (SSSR count). The molecule has 4 saturated carbocycles. The summed E-state index contributed by atoms with van der Waals surface area (Å²) in [6, 6.07) is 3.54. The maximum Gasteiger partial charge on any atom is 0.246 e. The molecule has 1 N–H and O–H groups in total. The summed E-state index contributed by atoms with van der Waals surface area (Å²) in [5, 5.41) is 4.28. The predicted molar refractivity (Wildman–Crippen MR) is 112 cm³/mol. The smallest absolute Gasteiger partial charge is 0.246 e. The standard InChI is InChI=1S/C23H32N2O4/c1-21-8-15-9-22(2,12-21)14-23(10-15,13-21)20(26)25-24-11-16-6-18(28-4)19(29-5)7-17(16)27-3/h6-7,11,15H,8-10,12-14H2,1-5H3,(H,25,26)/b24-11+. The number of benzene rings is 1. The summed E-state index contributed by atoms with van der Waals surface area (Å²) < 4.78 is 16.1. The number of hydrazone groups is 1. The van der Waals surface area contributed by atoms with E-state index >= 15 is 0 Å². The topological polar surface area (TPSA) is 69.2 Å². The summed E-state index contributed by atoms with van der Waals surface area (Å²) in [7, 11) is 4.76. The lowest BCUT2D eigenvalue weighted by Gasteiger charge is -2.64. The van der Waals surface area contributed by atoms with Crippen LogP contribution in [0.15, 0.2) is 17.2 Å². The van der Waals surface area contributed by atoms with Gasteiger partial charge in [0.05, 0.1) is 33.0 Å². The van der Waals surface area contributed by atoms with Gasteiger partial charge in [0.15, 0.2) is 11.5 Å². The van der Waals surface area contributed by atoms with Crippen molar-refractivity contribution >= 4 is 12.1 Å². The molecule has 4 fully saturated rings. The van der Waals surface area contributed by atoms with Crippen LogP contribution >= 0.6 is 0 Å². The van der Waals surface area contributed by atoms with E-state index in [2.05, 4.69) is 24.4 Å². The molecule has 0 aliphatic heterocycles. The number of methoxy groups -OCH3 is 3. The third kappa shape index (κ3) is 3.47. The summed E-state index contributed by atoms with van der Waals surface area (Å²) in [5.41, 5.74) is 3.87. The molecule has 1 aromatic rings. The first-order valence-corrected chi connectivity index (χ1v) is 10.4. The number of hydrogen-bond donors (Lipinski definition) is 1. The van der Waals surface area contributed by atoms with Crippen LogP contribution in [-0.2, 0) is 4.79 Å². The summed E-state index contributed by atoms with van der Waals surface area (Å²) in [6.45, 7) is 4.74. The lowest BCUT2D eigenvalue weighted by Crippen LogP contribution is -2.59. The third-order valence-corrected chi connectivity index (χ3v) is 7.21. The molecule has 6 nitrogen and oxygen atoms in total. The molecule has 0 aromatic heterocycles. The van der Waals surface area contributed by atoms with Crippen molar-refractivity contribution in [1.29, 1.82) is 0 Å². The van der Waals surface area contributed by atoms with Gasteiger partial charge in [0, 0.05) is 11.6 Å². The van der Waals surface area contributed by atoms with Gasteiger partial charge in [-0.15, -0.1) is 0 Å². The minimum absolute atomic E-state index is 0.0646. The Bertz CT molecular complexity index is 832. The maximum atomic E-state index is 13.2. The van der Waals surface area contributed by atoms with E-state index in [0.717, 1.165) is 24.8 Å². The number of carbonyl (C=O) groups is 1. The van der Waals surface area contributed by atoms with Gasteiger partial charge in [0.1, 0.15) is 5.75 Å². The van der Waals surface area contributed by atoms with Crippen molar-refractivity contribution in [2.45, 2.75) is 52.4 Å². The van der Waals surface area contributed by atoms with Crippen LogP contribution in [0.2, 0.25) is 0 Å². The second-order valence-electron chi connectivity index (χ2n) is 10.1. The van der Waals surface area contributed by atoms with Crippen molar-refractivity contribution in [1.82, 2.24) is 5.43 Å². The van der Waals surface area contributed by atoms with Gasteiger partial charge in [0.2, 0.25) is 5.91 Å². The zero-order chi connectivity index (χ0) is 20.9. The fourth-order valence-electron chi connectivity index (χ4n) is 7.13. The van der Waals surface area contributed by atoms with E-state index in [1.54, 1.807) is 39.7 Å². The summed E-state index contributed by atoms with van der Waals surface area (Å²) in [5.74, 6) is 2.51. The number of ether oxygens (including phenoxy) is 3. The molecule has 0 saturated heterocycles. The fourth-order valence-corrected chi connectivity index (χ4v) is 7.13. The summed E-state index contributed by atoms with van der Waals surface area (Å²) in [4.78, 5) is 13.2. The van der Waals surface area contributed by atoms with Crippen molar-refractivity contribution in [2.24, 2.45) is 27.3 Å². The van der Waals surface area contributed by atoms with E-state index in [-0.39, 0.29) is 11.3 Å². The lowest BCUT2D eigenvalue weighted by molar-refractivity contribution is -0.170. The molecular formula is C23H32N2O4. The van der Waals surface area contributed by atoms with Gasteiger partial charge in [-0.25, -0.2) is 5.43 Å². The van der Waals surface area contributed by atoms with Crippen LogP contribution in [0.3, 0.4) is 0 Å². The summed E-state index contributed by atoms with van der Waals surface area (Å²) >= 11 is 0. The molecule has 4 aliphatic rings. The second-order valence-corrected chi connectivity index (χ2v) is 10.1. The largest absolute Gasteiger partial charge is 0.496 e. The fraction of sp³-hybridized carbons (Fsp3) is 0.652. The second kappa shape index (κ2) is 6.92. The first-order chi connectivity index (χ1) is 13.7. The Labute approximate surface area is 173 Å². The molecule has 29 heavy (non-hydrogen) atoms. The Morgan fingerprint density at radius 3 is 2.10 bits per heavy atom. The highest BCUT2D eigenvalue weighted by atomic mass is 16.5. The number of hydrogen-bond acceptors (Lipinski definition) is 5. The maximum absolute atomic E-state index is 13.2. The normalized spacial score (nSPS) is 35.0. The Balaban J connectivity index is 1.52. The zero-order valence-electron chi connectivity index (χ0n) is 18.1. The molecule has 4 bridgehead atoms. The van der Waals surface area contributed by atoms with E-state index in [9.17, 15) is 4.79 Å². The molecule has 0 radical (unpaired) electrons. The highest BCUT2D eigenvalue weighted by Crippen LogP contribution is 2.69. The van der Waals surface area contributed by atoms with Crippen LogP contribution in [-0.4, -0.2) is 33.5 Å². The Kier molecular flexibility index (Phi) is 4.79. The molecular weight excluding hydrogens is 368 g/mol. The first kappa shape index (κ1) is 20.0. The molecule has 4 aliphatic carbocycles. The van der Waals surface area contributed by atoms with Crippen molar-refractivity contribution in [3.63, 3.8) is 0 Å². The van der Waals surface area contributed by atoms with E-state index in [4.69, 9.17) is 14.2 Å². The molecule has 1 aromatic carbocycles. The van der Waals surface area contributed by atoms with Crippen LogP contribution in [0.4, 0.5) is 0 Å². The highest BCUT2D eigenvalue weighted by Gasteiger charge is 2.62. The molecule has 1 amide bonds. The molecule has 2 atom stereocenters. The monoisotopic (exact) mass is 400 g/mol. The third-order valence-electron chi connectivity index (χ3n) is 7.21. The van der Waals surface area contributed by atoms with E-state index < -0.39 is 0 Å². The quantitative estimate of drug-likeness (QED) is 0.575. The van der Waals surface area contributed by atoms with Crippen LogP contribution in [0.25, 0.3) is 0 Å². The number of rotatable bonds is 6. The molecule has 2 unspecified atom stereocenters. The average molecular weight is 401 g/mol. The predicted octanol–water partition coefficient (Wildman–Crippen LogP) is 4.16. The number of amides is 1. The van der Waals surface area contributed by atoms with Gasteiger partial charge < -0.3 is 14.2 Å². The minimum atomic E-state index is -0.276.